The standard InChI is InChI=1S/C14H12S4/c1-3-7-11(8-4-1)13-14(16-18-17-15-13)12-9-5-2-6-10-12/h1-10,13-14H/t13-,14-/m0/s1. The minimum atomic E-state index is 0.532. The van der Waals surface area contributed by atoms with Crippen LogP contribution in [0.4, 0.5) is 0 Å². The average molecular weight is 309 g/mol. The van der Waals surface area contributed by atoms with Crippen molar-refractivity contribution in [2.24, 2.45) is 0 Å². The van der Waals surface area contributed by atoms with Gasteiger partial charge in [-0.15, -0.1) is 0 Å². The zero-order chi connectivity index (χ0) is 12.2. The van der Waals surface area contributed by atoms with Gasteiger partial charge < -0.3 is 0 Å². The van der Waals surface area contributed by atoms with Gasteiger partial charge in [-0.2, -0.15) is 0 Å². The van der Waals surface area contributed by atoms with E-state index in [-0.39, 0.29) is 0 Å². The molecule has 0 nitrogen and oxygen atoms in total. The molecular formula is C14H12S4. The maximum atomic E-state index is 2.24. The van der Waals surface area contributed by atoms with Crippen LogP contribution < -0.4 is 0 Å². The molecule has 1 saturated heterocycles. The SMILES string of the molecule is c1ccc([C@@H]2SSSS[C@H]2c2ccccc2)cc1. The van der Waals surface area contributed by atoms with Gasteiger partial charge in [-0.3, -0.25) is 0 Å². The van der Waals surface area contributed by atoms with Crippen LogP contribution in [0.3, 0.4) is 0 Å². The second-order valence-corrected chi connectivity index (χ2v) is 10.1. The Balaban J connectivity index is 1.92. The summed E-state index contributed by atoms with van der Waals surface area (Å²) < 4.78 is 0. The van der Waals surface area contributed by atoms with Gasteiger partial charge in [0, 0.05) is 0 Å². The van der Waals surface area contributed by atoms with Gasteiger partial charge in [0.1, 0.15) is 0 Å². The third kappa shape index (κ3) is 2.87. The molecule has 2 aromatic rings. The molecule has 92 valence electrons. The van der Waals surface area contributed by atoms with E-state index in [9.17, 15) is 0 Å². The molecule has 2 atom stereocenters. The van der Waals surface area contributed by atoms with Crippen LogP contribution in [0, 0.1) is 0 Å². The number of hydrogen-bond donors (Lipinski definition) is 0. The molecule has 0 aromatic heterocycles. The smallest absolute Gasteiger partial charge is 0.0577 e. The third-order valence-corrected chi connectivity index (χ3v) is 10.0. The van der Waals surface area contributed by atoms with E-state index in [2.05, 4.69) is 60.7 Å². The van der Waals surface area contributed by atoms with E-state index in [1.165, 1.54) is 11.1 Å². The highest BCUT2D eigenvalue weighted by Crippen LogP contribution is 2.66. The van der Waals surface area contributed by atoms with E-state index in [4.69, 9.17) is 0 Å². The molecule has 0 spiro atoms. The van der Waals surface area contributed by atoms with Crippen LogP contribution in [0.25, 0.3) is 0 Å². The molecule has 18 heavy (non-hydrogen) atoms. The lowest BCUT2D eigenvalue weighted by molar-refractivity contribution is 0.917. The summed E-state index contributed by atoms with van der Waals surface area (Å²) in [5, 5.41) is 1.06. The van der Waals surface area contributed by atoms with E-state index in [0.717, 1.165) is 0 Å². The number of hydrogen-bond acceptors (Lipinski definition) is 4. The third-order valence-electron chi connectivity index (χ3n) is 2.84. The maximum absolute atomic E-state index is 2.24. The molecule has 0 unspecified atom stereocenters. The van der Waals surface area contributed by atoms with Gasteiger partial charge in [-0.05, 0) is 30.8 Å². The van der Waals surface area contributed by atoms with E-state index in [1.807, 2.05) is 41.2 Å². The van der Waals surface area contributed by atoms with Crippen molar-refractivity contribution in [3.63, 3.8) is 0 Å². The molecule has 0 bridgehead atoms. The van der Waals surface area contributed by atoms with Crippen LogP contribution in [0.1, 0.15) is 21.6 Å². The first kappa shape index (κ1) is 12.9. The van der Waals surface area contributed by atoms with Crippen molar-refractivity contribution in [1.29, 1.82) is 0 Å². The predicted molar refractivity (Wildman–Crippen MR) is 88.7 cm³/mol. The van der Waals surface area contributed by atoms with Gasteiger partial charge in [-0.1, -0.05) is 82.3 Å². The highest BCUT2D eigenvalue weighted by atomic mass is 33.7. The normalized spacial score (nSPS) is 23.8. The van der Waals surface area contributed by atoms with Gasteiger partial charge in [-0.25, -0.2) is 0 Å². The Morgan fingerprint density at radius 1 is 0.556 bits per heavy atom. The Morgan fingerprint density at radius 2 is 0.944 bits per heavy atom. The fourth-order valence-corrected chi connectivity index (χ4v) is 9.87. The zero-order valence-electron chi connectivity index (χ0n) is 9.56. The molecule has 0 N–H and O–H groups in total. The minimum absolute atomic E-state index is 0.532. The summed E-state index contributed by atoms with van der Waals surface area (Å²) in [4.78, 5) is 0. The van der Waals surface area contributed by atoms with Crippen molar-refractivity contribution in [1.82, 2.24) is 0 Å². The molecule has 1 aliphatic rings. The highest BCUT2D eigenvalue weighted by Gasteiger charge is 2.30. The largest absolute Gasteiger partial charge is 0.0719 e. The van der Waals surface area contributed by atoms with Crippen molar-refractivity contribution < 1.29 is 0 Å². The van der Waals surface area contributed by atoms with Crippen LogP contribution >= 0.6 is 41.2 Å². The lowest BCUT2D eigenvalue weighted by Crippen LogP contribution is -2.05. The second-order valence-electron chi connectivity index (χ2n) is 3.99. The molecule has 1 fully saturated rings. The maximum Gasteiger partial charge on any atom is 0.0577 e. The summed E-state index contributed by atoms with van der Waals surface area (Å²) in [5.41, 5.74) is 2.85. The molecule has 0 radical (unpaired) electrons. The minimum Gasteiger partial charge on any atom is -0.0719 e. The lowest BCUT2D eigenvalue weighted by atomic mass is 10.0. The van der Waals surface area contributed by atoms with Gasteiger partial charge >= 0.3 is 0 Å². The van der Waals surface area contributed by atoms with Crippen LogP contribution in [0.2, 0.25) is 0 Å². The molecule has 4 heteroatoms. The van der Waals surface area contributed by atoms with Crippen molar-refractivity contribution in [3.05, 3.63) is 71.8 Å². The summed E-state index contributed by atoms with van der Waals surface area (Å²) in [6.07, 6.45) is 0. The summed E-state index contributed by atoms with van der Waals surface area (Å²) in [7, 11) is 7.74. The lowest BCUT2D eigenvalue weighted by Gasteiger charge is -2.29. The van der Waals surface area contributed by atoms with Crippen molar-refractivity contribution in [2.75, 3.05) is 0 Å². The van der Waals surface area contributed by atoms with Crippen molar-refractivity contribution in [3.8, 4) is 0 Å². The number of rotatable bonds is 2. The topological polar surface area (TPSA) is 0 Å². The fraction of sp³-hybridized carbons (Fsp3) is 0.143. The molecule has 2 aromatic carbocycles. The number of benzene rings is 2. The monoisotopic (exact) mass is 308 g/mol. The van der Waals surface area contributed by atoms with Gasteiger partial charge in [0.15, 0.2) is 0 Å². The molecule has 1 heterocycles. The van der Waals surface area contributed by atoms with Crippen LogP contribution in [0.5, 0.6) is 0 Å². The molecule has 0 saturated carbocycles. The first-order valence-electron chi connectivity index (χ1n) is 5.70. The summed E-state index contributed by atoms with van der Waals surface area (Å²) in [6, 6.07) is 21.7. The Labute approximate surface area is 123 Å². The zero-order valence-corrected chi connectivity index (χ0v) is 12.8. The van der Waals surface area contributed by atoms with Gasteiger partial charge in [0.2, 0.25) is 0 Å². The van der Waals surface area contributed by atoms with Crippen molar-refractivity contribution in [2.45, 2.75) is 10.5 Å². The summed E-state index contributed by atoms with van der Waals surface area (Å²) >= 11 is 0. The highest BCUT2D eigenvalue weighted by molar-refractivity contribution is 9.26. The predicted octanol–water partition coefficient (Wildman–Crippen LogP) is 6.16. The molecule has 0 amide bonds. The van der Waals surface area contributed by atoms with E-state index in [1.54, 1.807) is 0 Å². The average Bonchev–Trinajstić information content (AvgIpc) is 2.49. The first-order valence-corrected chi connectivity index (χ1v) is 10.6. The Morgan fingerprint density at radius 3 is 1.33 bits per heavy atom. The van der Waals surface area contributed by atoms with E-state index in [0.29, 0.717) is 10.5 Å². The van der Waals surface area contributed by atoms with E-state index < -0.39 is 0 Å². The summed E-state index contributed by atoms with van der Waals surface area (Å²) in [5.74, 6) is 0. The van der Waals surface area contributed by atoms with E-state index >= 15 is 0 Å². The quantitative estimate of drug-likeness (QED) is 0.609. The Kier molecular flexibility index (Phi) is 4.52. The Hall–Kier alpha value is -0.160. The second kappa shape index (κ2) is 6.33. The van der Waals surface area contributed by atoms with Gasteiger partial charge in [0.25, 0.3) is 0 Å². The van der Waals surface area contributed by atoms with Crippen LogP contribution in [-0.2, 0) is 0 Å². The first-order chi connectivity index (χ1) is 8.95. The molecule has 0 aliphatic carbocycles. The molecule has 3 rings (SSSR count). The van der Waals surface area contributed by atoms with Crippen LogP contribution in [-0.4, -0.2) is 0 Å². The molecule has 1 aliphatic heterocycles. The Bertz CT molecular complexity index is 438. The van der Waals surface area contributed by atoms with Gasteiger partial charge in [0.05, 0.1) is 10.5 Å². The van der Waals surface area contributed by atoms with Crippen LogP contribution in [0.15, 0.2) is 60.7 Å². The van der Waals surface area contributed by atoms with Crippen molar-refractivity contribution >= 4 is 41.2 Å². The summed E-state index contributed by atoms with van der Waals surface area (Å²) in [6.45, 7) is 0. The fourth-order valence-electron chi connectivity index (χ4n) is 1.96. The molecular weight excluding hydrogens is 296 g/mol.